The number of benzene rings is 1. The molecule has 0 aromatic heterocycles. The van der Waals surface area contributed by atoms with E-state index in [9.17, 15) is 10.1 Å². The van der Waals surface area contributed by atoms with Crippen molar-refractivity contribution in [3.63, 3.8) is 0 Å². The maximum absolute atomic E-state index is 11.1. The van der Waals surface area contributed by atoms with Crippen LogP contribution in [0.3, 0.4) is 0 Å². The molecule has 114 valence electrons. The van der Waals surface area contributed by atoms with E-state index < -0.39 is 0 Å². The molecule has 1 aromatic carbocycles. The highest BCUT2D eigenvalue weighted by atomic mass is 79.9. The van der Waals surface area contributed by atoms with E-state index in [2.05, 4.69) is 26.1 Å². The lowest BCUT2D eigenvalue weighted by molar-refractivity contribution is -0.385. The van der Waals surface area contributed by atoms with Crippen molar-refractivity contribution in [2.24, 2.45) is 0 Å². The number of hydrogen-bond acceptors (Lipinski definition) is 4. The third-order valence-electron chi connectivity index (χ3n) is 4.42. The molecule has 1 N–H and O–H groups in total. The number of halogens is 1. The molecule has 0 atom stereocenters. The lowest BCUT2D eigenvalue weighted by Gasteiger charge is -2.32. The average Bonchev–Trinajstić information content (AvgIpc) is 3.31. The van der Waals surface area contributed by atoms with Gasteiger partial charge in [0.15, 0.2) is 0 Å². The summed E-state index contributed by atoms with van der Waals surface area (Å²) in [6.45, 7) is 2.88. The van der Waals surface area contributed by atoms with Crippen molar-refractivity contribution < 1.29 is 4.92 Å². The van der Waals surface area contributed by atoms with Gasteiger partial charge in [-0.25, -0.2) is 0 Å². The van der Waals surface area contributed by atoms with E-state index in [1.54, 1.807) is 6.07 Å². The number of likely N-dealkylation sites (tertiary alicyclic amines) is 1. The fraction of sp³-hybridized carbons (Fsp3) is 0.600. The number of nitro benzene ring substituents is 1. The summed E-state index contributed by atoms with van der Waals surface area (Å²) in [5.41, 5.74) is 0.945. The molecule has 2 aliphatic rings. The van der Waals surface area contributed by atoms with Gasteiger partial charge in [-0.15, -0.1) is 0 Å². The maximum Gasteiger partial charge on any atom is 0.275 e. The quantitative estimate of drug-likeness (QED) is 0.652. The Morgan fingerprint density at radius 2 is 2.00 bits per heavy atom. The number of nitrogens with zero attached hydrogens (tertiary/aromatic N) is 2. The Morgan fingerprint density at radius 3 is 2.62 bits per heavy atom. The lowest BCUT2D eigenvalue weighted by atomic mass is 10.0. The zero-order valence-electron chi connectivity index (χ0n) is 11.9. The van der Waals surface area contributed by atoms with E-state index in [1.165, 1.54) is 12.8 Å². The molecular formula is C15H20BrN3O2. The normalized spacial score (nSPS) is 20.6. The van der Waals surface area contributed by atoms with Gasteiger partial charge in [-0.3, -0.25) is 10.1 Å². The Balaban J connectivity index is 1.54. The number of nitro groups is 1. The number of rotatable bonds is 5. The van der Waals surface area contributed by atoms with Crippen LogP contribution >= 0.6 is 15.9 Å². The smallest absolute Gasteiger partial charge is 0.275 e. The third-order valence-corrected chi connectivity index (χ3v) is 4.91. The van der Waals surface area contributed by atoms with Crippen LogP contribution in [-0.4, -0.2) is 35.0 Å². The highest BCUT2D eigenvalue weighted by molar-refractivity contribution is 9.10. The monoisotopic (exact) mass is 353 g/mol. The molecule has 0 radical (unpaired) electrons. The second-order valence-electron chi connectivity index (χ2n) is 5.95. The van der Waals surface area contributed by atoms with Gasteiger partial charge in [0.1, 0.15) is 0 Å². The van der Waals surface area contributed by atoms with Crippen molar-refractivity contribution in [3.05, 3.63) is 38.3 Å². The van der Waals surface area contributed by atoms with Crippen molar-refractivity contribution in [1.29, 1.82) is 0 Å². The van der Waals surface area contributed by atoms with E-state index in [1.807, 2.05) is 12.1 Å². The van der Waals surface area contributed by atoms with Gasteiger partial charge in [-0.2, -0.15) is 0 Å². The molecule has 1 saturated carbocycles. The standard InChI is InChI=1S/C15H20BrN3O2/c16-12-2-1-11(15(9-12)19(20)21)10-17-13-5-7-18(8-6-13)14-3-4-14/h1-2,9,13-14,17H,3-8,10H2. The summed E-state index contributed by atoms with van der Waals surface area (Å²) in [7, 11) is 0. The van der Waals surface area contributed by atoms with Crippen LogP contribution < -0.4 is 5.32 Å². The minimum Gasteiger partial charge on any atom is -0.310 e. The van der Waals surface area contributed by atoms with E-state index in [0.717, 1.165) is 42.0 Å². The van der Waals surface area contributed by atoms with Gasteiger partial charge in [0.05, 0.1) is 4.92 Å². The zero-order valence-corrected chi connectivity index (χ0v) is 13.5. The first-order valence-electron chi connectivity index (χ1n) is 7.54. The fourth-order valence-electron chi connectivity index (χ4n) is 3.02. The molecule has 2 fully saturated rings. The topological polar surface area (TPSA) is 58.4 Å². The minimum atomic E-state index is -0.308. The Kier molecular flexibility index (Phi) is 4.57. The summed E-state index contributed by atoms with van der Waals surface area (Å²) >= 11 is 3.29. The first kappa shape index (κ1) is 14.9. The number of nitrogens with one attached hydrogen (secondary N) is 1. The molecule has 6 heteroatoms. The van der Waals surface area contributed by atoms with Crippen LogP contribution in [0.25, 0.3) is 0 Å². The summed E-state index contributed by atoms with van der Waals surface area (Å²) in [5, 5.41) is 14.6. The van der Waals surface area contributed by atoms with Gasteiger partial charge >= 0.3 is 0 Å². The van der Waals surface area contributed by atoms with Crippen LogP contribution in [0, 0.1) is 10.1 Å². The van der Waals surface area contributed by atoms with Crippen molar-refractivity contribution >= 4 is 21.6 Å². The predicted octanol–water partition coefficient (Wildman–Crippen LogP) is 3.07. The molecule has 0 spiro atoms. The van der Waals surface area contributed by atoms with Crippen LogP contribution in [0.4, 0.5) is 5.69 Å². The molecule has 0 bridgehead atoms. The second kappa shape index (κ2) is 6.42. The van der Waals surface area contributed by atoms with Crippen LogP contribution in [0.1, 0.15) is 31.2 Å². The maximum atomic E-state index is 11.1. The molecule has 5 nitrogen and oxygen atoms in total. The molecule has 0 amide bonds. The Labute approximate surface area is 133 Å². The minimum absolute atomic E-state index is 0.187. The van der Waals surface area contributed by atoms with Gasteiger partial charge in [0, 0.05) is 34.7 Å². The first-order chi connectivity index (χ1) is 10.1. The average molecular weight is 354 g/mol. The van der Waals surface area contributed by atoms with E-state index in [4.69, 9.17) is 0 Å². The summed E-state index contributed by atoms with van der Waals surface area (Å²) < 4.78 is 0.746. The third kappa shape index (κ3) is 3.81. The summed E-state index contributed by atoms with van der Waals surface area (Å²) in [5.74, 6) is 0. The Bertz CT molecular complexity index is 526. The SMILES string of the molecule is O=[N+]([O-])c1cc(Br)ccc1CNC1CCN(C2CC2)CC1. The van der Waals surface area contributed by atoms with Gasteiger partial charge in [0.2, 0.25) is 0 Å². The zero-order chi connectivity index (χ0) is 14.8. The summed E-state index contributed by atoms with van der Waals surface area (Å²) in [4.78, 5) is 13.4. The molecule has 1 saturated heterocycles. The number of hydrogen-bond donors (Lipinski definition) is 1. The number of piperidine rings is 1. The molecular weight excluding hydrogens is 334 g/mol. The molecule has 1 aliphatic carbocycles. The molecule has 1 aliphatic heterocycles. The Morgan fingerprint density at radius 1 is 1.29 bits per heavy atom. The van der Waals surface area contributed by atoms with Gasteiger partial charge < -0.3 is 10.2 Å². The molecule has 0 unspecified atom stereocenters. The van der Waals surface area contributed by atoms with Crippen LogP contribution in [-0.2, 0) is 6.54 Å². The van der Waals surface area contributed by atoms with Crippen LogP contribution in [0.15, 0.2) is 22.7 Å². The highest BCUT2D eigenvalue weighted by Gasteiger charge is 2.31. The first-order valence-corrected chi connectivity index (χ1v) is 8.33. The molecule has 1 aromatic rings. The molecule has 21 heavy (non-hydrogen) atoms. The Hall–Kier alpha value is -0.980. The van der Waals surface area contributed by atoms with E-state index in [-0.39, 0.29) is 10.6 Å². The summed E-state index contributed by atoms with van der Waals surface area (Å²) in [6.07, 6.45) is 5.01. The van der Waals surface area contributed by atoms with E-state index in [0.29, 0.717) is 12.6 Å². The van der Waals surface area contributed by atoms with Crippen LogP contribution in [0.5, 0.6) is 0 Å². The second-order valence-corrected chi connectivity index (χ2v) is 6.87. The van der Waals surface area contributed by atoms with Crippen LogP contribution in [0.2, 0.25) is 0 Å². The van der Waals surface area contributed by atoms with Crippen molar-refractivity contribution in [3.8, 4) is 0 Å². The molecule has 3 rings (SSSR count). The van der Waals surface area contributed by atoms with E-state index >= 15 is 0 Å². The van der Waals surface area contributed by atoms with Crippen molar-refractivity contribution in [2.45, 2.75) is 44.3 Å². The highest BCUT2D eigenvalue weighted by Crippen LogP contribution is 2.29. The fourth-order valence-corrected chi connectivity index (χ4v) is 3.37. The predicted molar refractivity (Wildman–Crippen MR) is 85.3 cm³/mol. The molecule has 1 heterocycles. The van der Waals surface area contributed by atoms with Gasteiger partial charge in [-0.1, -0.05) is 15.9 Å². The van der Waals surface area contributed by atoms with Crippen molar-refractivity contribution in [2.75, 3.05) is 13.1 Å². The lowest BCUT2D eigenvalue weighted by Crippen LogP contribution is -2.43. The van der Waals surface area contributed by atoms with Crippen molar-refractivity contribution in [1.82, 2.24) is 10.2 Å². The largest absolute Gasteiger partial charge is 0.310 e. The van der Waals surface area contributed by atoms with Gasteiger partial charge in [0.25, 0.3) is 5.69 Å². The summed E-state index contributed by atoms with van der Waals surface area (Å²) in [6, 6.07) is 6.59. The van der Waals surface area contributed by atoms with Gasteiger partial charge in [-0.05, 0) is 50.9 Å².